The van der Waals surface area contributed by atoms with E-state index in [2.05, 4.69) is 37.5 Å². The zero-order valence-electron chi connectivity index (χ0n) is 13.3. The van der Waals surface area contributed by atoms with Gasteiger partial charge in [-0.2, -0.15) is 14.8 Å². The second-order valence-electron chi connectivity index (χ2n) is 5.16. The van der Waals surface area contributed by atoms with Gasteiger partial charge in [0.2, 0.25) is 11.8 Å². The van der Waals surface area contributed by atoms with Crippen molar-refractivity contribution in [1.82, 2.24) is 35.3 Å². The van der Waals surface area contributed by atoms with Crippen LogP contribution in [0.2, 0.25) is 0 Å². The fraction of sp³-hybridized carbons (Fsp3) is 0.267. The Morgan fingerprint density at radius 3 is 2.88 bits per heavy atom. The SMILES string of the molecule is Cc1nc(C(=O)NC[C@H](C)Sc2ccccc2)nn1-c1ncn[nH]1. The third-order valence-electron chi connectivity index (χ3n) is 3.21. The summed E-state index contributed by atoms with van der Waals surface area (Å²) in [5.41, 5.74) is 0. The Balaban J connectivity index is 1.58. The van der Waals surface area contributed by atoms with Crippen molar-refractivity contribution in [3.05, 3.63) is 48.3 Å². The van der Waals surface area contributed by atoms with Crippen LogP contribution in [0.1, 0.15) is 23.4 Å². The molecule has 0 saturated carbocycles. The van der Waals surface area contributed by atoms with Crippen molar-refractivity contribution in [2.45, 2.75) is 24.0 Å². The molecule has 2 N–H and O–H groups in total. The summed E-state index contributed by atoms with van der Waals surface area (Å²) in [6.45, 7) is 4.33. The first-order chi connectivity index (χ1) is 11.6. The summed E-state index contributed by atoms with van der Waals surface area (Å²) in [6, 6.07) is 10.1. The van der Waals surface area contributed by atoms with Crippen LogP contribution in [0.3, 0.4) is 0 Å². The van der Waals surface area contributed by atoms with Crippen LogP contribution in [0.4, 0.5) is 0 Å². The number of carbonyl (C=O) groups is 1. The van der Waals surface area contributed by atoms with Gasteiger partial charge in [-0.15, -0.1) is 16.9 Å². The summed E-state index contributed by atoms with van der Waals surface area (Å²) < 4.78 is 1.45. The van der Waals surface area contributed by atoms with Gasteiger partial charge in [0.15, 0.2) is 0 Å². The number of aromatic nitrogens is 6. The molecule has 3 aromatic rings. The summed E-state index contributed by atoms with van der Waals surface area (Å²) in [5.74, 6) is 0.786. The number of thioether (sulfide) groups is 1. The van der Waals surface area contributed by atoms with E-state index in [0.29, 0.717) is 18.3 Å². The summed E-state index contributed by atoms with van der Waals surface area (Å²) in [4.78, 5) is 21.6. The Morgan fingerprint density at radius 2 is 2.17 bits per heavy atom. The maximum absolute atomic E-state index is 12.2. The van der Waals surface area contributed by atoms with Gasteiger partial charge in [-0.05, 0) is 19.1 Å². The molecule has 0 aliphatic rings. The number of amides is 1. The number of hydrogen-bond donors (Lipinski definition) is 2. The highest BCUT2D eigenvalue weighted by molar-refractivity contribution is 8.00. The number of rotatable bonds is 6. The first-order valence-corrected chi connectivity index (χ1v) is 8.31. The first kappa shape index (κ1) is 16.2. The van der Waals surface area contributed by atoms with Crippen molar-refractivity contribution in [2.24, 2.45) is 0 Å². The van der Waals surface area contributed by atoms with Crippen molar-refractivity contribution in [3.63, 3.8) is 0 Å². The fourth-order valence-corrected chi connectivity index (χ4v) is 3.02. The molecular weight excluding hydrogens is 326 g/mol. The van der Waals surface area contributed by atoms with Crippen molar-refractivity contribution >= 4 is 17.7 Å². The molecule has 0 saturated heterocycles. The van der Waals surface area contributed by atoms with Crippen LogP contribution in [0.5, 0.6) is 0 Å². The molecule has 0 bridgehead atoms. The number of aryl methyl sites for hydroxylation is 1. The van der Waals surface area contributed by atoms with E-state index in [1.165, 1.54) is 15.9 Å². The summed E-state index contributed by atoms with van der Waals surface area (Å²) in [5, 5.41) is 13.7. The number of nitrogens with zero attached hydrogens (tertiary/aromatic N) is 5. The van der Waals surface area contributed by atoms with Crippen molar-refractivity contribution in [2.75, 3.05) is 6.54 Å². The van der Waals surface area contributed by atoms with Gasteiger partial charge in [0.05, 0.1) is 0 Å². The molecule has 9 heteroatoms. The van der Waals surface area contributed by atoms with E-state index in [9.17, 15) is 4.79 Å². The summed E-state index contributed by atoms with van der Waals surface area (Å²) in [6.07, 6.45) is 1.37. The molecule has 1 atom stereocenters. The van der Waals surface area contributed by atoms with Gasteiger partial charge in [-0.25, -0.2) is 10.1 Å². The molecule has 1 amide bonds. The fourth-order valence-electron chi connectivity index (χ4n) is 2.08. The van der Waals surface area contributed by atoms with Gasteiger partial charge in [-0.3, -0.25) is 4.79 Å². The Hall–Kier alpha value is -2.68. The highest BCUT2D eigenvalue weighted by Gasteiger charge is 2.17. The number of nitrogens with one attached hydrogen (secondary N) is 2. The lowest BCUT2D eigenvalue weighted by Gasteiger charge is -2.11. The van der Waals surface area contributed by atoms with Gasteiger partial charge in [0.1, 0.15) is 12.2 Å². The maximum atomic E-state index is 12.2. The molecule has 0 radical (unpaired) electrons. The van der Waals surface area contributed by atoms with Crippen LogP contribution < -0.4 is 5.32 Å². The standard InChI is InChI=1S/C15H17N7OS/c1-10(24-12-6-4-3-5-7-12)8-16-14(23)13-19-11(2)22(21-13)15-17-9-18-20-15/h3-7,9-10H,8H2,1-2H3,(H,16,23)(H,17,18,20)/t10-/m0/s1. The number of aromatic amines is 1. The number of hydrogen-bond acceptors (Lipinski definition) is 6. The molecular formula is C15H17N7OS. The van der Waals surface area contributed by atoms with Crippen LogP contribution in [-0.2, 0) is 0 Å². The third-order valence-corrected chi connectivity index (χ3v) is 4.32. The second kappa shape index (κ2) is 7.26. The zero-order valence-corrected chi connectivity index (χ0v) is 14.1. The average molecular weight is 343 g/mol. The number of H-pyrrole nitrogens is 1. The molecule has 0 aliphatic heterocycles. The lowest BCUT2D eigenvalue weighted by molar-refractivity contribution is 0.0944. The van der Waals surface area contributed by atoms with Crippen LogP contribution in [0, 0.1) is 6.92 Å². The lowest BCUT2D eigenvalue weighted by Crippen LogP contribution is -2.30. The maximum Gasteiger partial charge on any atom is 0.291 e. The minimum absolute atomic E-state index is 0.112. The van der Waals surface area contributed by atoms with E-state index in [1.807, 2.05) is 30.3 Å². The number of carbonyl (C=O) groups excluding carboxylic acids is 1. The van der Waals surface area contributed by atoms with Gasteiger partial charge in [-0.1, -0.05) is 25.1 Å². The molecule has 0 fully saturated rings. The molecule has 124 valence electrons. The predicted molar refractivity (Wildman–Crippen MR) is 90.1 cm³/mol. The molecule has 8 nitrogen and oxygen atoms in total. The van der Waals surface area contributed by atoms with Gasteiger partial charge in [0.25, 0.3) is 5.91 Å². The monoisotopic (exact) mass is 343 g/mol. The Labute approximate surface area is 143 Å². The van der Waals surface area contributed by atoms with Crippen LogP contribution >= 0.6 is 11.8 Å². The summed E-state index contributed by atoms with van der Waals surface area (Å²) >= 11 is 1.70. The number of benzene rings is 1. The molecule has 0 spiro atoms. The minimum Gasteiger partial charge on any atom is -0.348 e. The molecule has 0 aliphatic carbocycles. The quantitative estimate of drug-likeness (QED) is 0.659. The van der Waals surface area contributed by atoms with E-state index < -0.39 is 0 Å². The van der Waals surface area contributed by atoms with E-state index in [-0.39, 0.29) is 17.0 Å². The van der Waals surface area contributed by atoms with Crippen LogP contribution in [0.15, 0.2) is 41.6 Å². The molecule has 2 aromatic heterocycles. The topological polar surface area (TPSA) is 101 Å². The smallest absolute Gasteiger partial charge is 0.291 e. The van der Waals surface area contributed by atoms with Gasteiger partial charge >= 0.3 is 0 Å². The van der Waals surface area contributed by atoms with E-state index in [0.717, 1.165) is 0 Å². The molecule has 3 rings (SSSR count). The van der Waals surface area contributed by atoms with Crippen molar-refractivity contribution in [3.8, 4) is 5.95 Å². The van der Waals surface area contributed by atoms with Gasteiger partial charge < -0.3 is 5.32 Å². The summed E-state index contributed by atoms with van der Waals surface area (Å²) in [7, 11) is 0. The van der Waals surface area contributed by atoms with Crippen molar-refractivity contribution < 1.29 is 4.79 Å². The minimum atomic E-state index is -0.308. The van der Waals surface area contributed by atoms with Crippen molar-refractivity contribution in [1.29, 1.82) is 0 Å². The zero-order chi connectivity index (χ0) is 16.9. The predicted octanol–water partition coefficient (Wildman–Crippen LogP) is 1.60. The van der Waals surface area contributed by atoms with E-state index >= 15 is 0 Å². The Morgan fingerprint density at radius 1 is 1.38 bits per heavy atom. The highest BCUT2D eigenvalue weighted by atomic mass is 32.2. The van der Waals surface area contributed by atoms with E-state index in [4.69, 9.17) is 0 Å². The molecule has 24 heavy (non-hydrogen) atoms. The Kier molecular flexibility index (Phi) is 4.90. The first-order valence-electron chi connectivity index (χ1n) is 7.43. The Bertz CT molecular complexity index is 801. The highest BCUT2D eigenvalue weighted by Crippen LogP contribution is 2.21. The van der Waals surface area contributed by atoms with Crippen LogP contribution in [0.25, 0.3) is 5.95 Å². The van der Waals surface area contributed by atoms with Crippen LogP contribution in [-0.4, -0.2) is 47.6 Å². The molecule has 0 unspecified atom stereocenters. The molecule has 1 aromatic carbocycles. The average Bonchev–Trinajstić information content (AvgIpc) is 3.23. The van der Waals surface area contributed by atoms with E-state index in [1.54, 1.807) is 18.7 Å². The van der Waals surface area contributed by atoms with Gasteiger partial charge in [0, 0.05) is 16.7 Å². The normalized spacial score (nSPS) is 12.1. The third kappa shape index (κ3) is 3.80. The molecule has 2 heterocycles. The largest absolute Gasteiger partial charge is 0.348 e. The second-order valence-corrected chi connectivity index (χ2v) is 6.67. The lowest BCUT2D eigenvalue weighted by atomic mass is 10.4.